The van der Waals surface area contributed by atoms with Crippen molar-refractivity contribution < 1.29 is 0 Å². The van der Waals surface area contributed by atoms with Gasteiger partial charge in [-0.15, -0.1) is 0 Å². The van der Waals surface area contributed by atoms with Crippen LogP contribution in [-0.2, 0) is 0 Å². The van der Waals surface area contributed by atoms with Crippen LogP contribution in [0.4, 0.5) is 5.82 Å². The van der Waals surface area contributed by atoms with Gasteiger partial charge in [-0.25, -0.2) is 4.98 Å². The Labute approximate surface area is 108 Å². The number of piperidine rings is 1. The molecule has 3 nitrogen and oxygen atoms in total. The minimum Gasteiger partial charge on any atom is -0.355 e. The number of benzene rings is 1. The monoisotopic (exact) mass is 239 g/mol. The van der Waals surface area contributed by atoms with Crippen LogP contribution in [0, 0.1) is 0 Å². The number of hydrogen-bond acceptors (Lipinski definition) is 3. The van der Waals surface area contributed by atoms with Gasteiger partial charge in [0.1, 0.15) is 5.82 Å². The zero-order valence-corrected chi connectivity index (χ0v) is 10.4. The zero-order valence-electron chi connectivity index (χ0n) is 10.4. The van der Waals surface area contributed by atoms with Gasteiger partial charge in [0.2, 0.25) is 0 Å². The molecule has 0 atom stereocenters. The van der Waals surface area contributed by atoms with Gasteiger partial charge in [-0.3, -0.25) is 4.98 Å². The van der Waals surface area contributed by atoms with E-state index in [2.05, 4.69) is 27.0 Å². The predicted octanol–water partition coefficient (Wildman–Crippen LogP) is 3.13. The fourth-order valence-electron chi connectivity index (χ4n) is 2.37. The third kappa shape index (κ3) is 2.35. The van der Waals surface area contributed by atoms with E-state index in [1.54, 1.807) is 0 Å². The van der Waals surface area contributed by atoms with Gasteiger partial charge in [0.05, 0.1) is 18.1 Å². The largest absolute Gasteiger partial charge is 0.355 e. The molecule has 1 aliphatic rings. The molecule has 1 saturated heterocycles. The highest BCUT2D eigenvalue weighted by Crippen LogP contribution is 2.20. The topological polar surface area (TPSA) is 29.0 Å². The molecular formula is C15H17N3. The molecular weight excluding hydrogens is 222 g/mol. The number of aromatic nitrogens is 2. The average Bonchev–Trinajstić information content (AvgIpc) is 2.49. The van der Waals surface area contributed by atoms with E-state index in [1.807, 2.05) is 30.6 Å². The molecule has 92 valence electrons. The molecule has 2 heterocycles. The van der Waals surface area contributed by atoms with Gasteiger partial charge in [-0.2, -0.15) is 0 Å². The Kier molecular flexibility index (Phi) is 3.22. The van der Waals surface area contributed by atoms with Crippen molar-refractivity contribution >= 4 is 5.82 Å². The minimum atomic E-state index is 0.941. The number of anilines is 1. The molecule has 1 fully saturated rings. The summed E-state index contributed by atoms with van der Waals surface area (Å²) >= 11 is 0. The Hall–Kier alpha value is -1.90. The maximum Gasteiger partial charge on any atom is 0.147 e. The Morgan fingerprint density at radius 3 is 2.28 bits per heavy atom. The molecule has 0 saturated carbocycles. The molecule has 0 amide bonds. The molecule has 0 N–H and O–H groups in total. The van der Waals surface area contributed by atoms with Gasteiger partial charge in [-0.05, 0) is 19.3 Å². The Morgan fingerprint density at radius 1 is 0.833 bits per heavy atom. The van der Waals surface area contributed by atoms with Gasteiger partial charge in [0.25, 0.3) is 0 Å². The quantitative estimate of drug-likeness (QED) is 0.806. The van der Waals surface area contributed by atoms with E-state index in [9.17, 15) is 0 Å². The summed E-state index contributed by atoms with van der Waals surface area (Å²) in [6.45, 7) is 2.22. The lowest BCUT2D eigenvalue weighted by Gasteiger charge is -2.27. The van der Waals surface area contributed by atoms with E-state index in [4.69, 9.17) is 0 Å². The number of nitrogens with zero attached hydrogens (tertiary/aromatic N) is 3. The van der Waals surface area contributed by atoms with Crippen molar-refractivity contribution in [3.63, 3.8) is 0 Å². The van der Waals surface area contributed by atoms with E-state index >= 15 is 0 Å². The first-order valence-corrected chi connectivity index (χ1v) is 6.56. The third-order valence-electron chi connectivity index (χ3n) is 3.39. The Morgan fingerprint density at radius 2 is 1.61 bits per heavy atom. The van der Waals surface area contributed by atoms with Crippen LogP contribution < -0.4 is 4.90 Å². The summed E-state index contributed by atoms with van der Waals surface area (Å²) in [5, 5.41) is 0. The van der Waals surface area contributed by atoms with E-state index in [0.29, 0.717) is 0 Å². The van der Waals surface area contributed by atoms with Crippen LogP contribution in [0.3, 0.4) is 0 Å². The minimum absolute atomic E-state index is 0.941. The summed E-state index contributed by atoms with van der Waals surface area (Å²) in [5.41, 5.74) is 2.06. The molecule has 2 aromatic rings. The number of hydrogen-bond donors (Lipinski definition) is 0. The molecule has 0 unspecified atom stereocenters. The van der Waals surface area contributed by atoms with Crippen molar-refractivity contribution in [2.75, 3.05) is 18.0 Å². The van der Waals surface area contributed by atoms with Gasteiger partial charge in [0, 0.05) is 18.7 Å². The maximum absolute atomic E-state index is 4.54. The second-order valence-electron chi connectivity index (χ2n) is 4.67. The normalized spacial score (nSPS) is 15.7. The molecule has 0 aliphatic carbocycles. The molecule has 1 aromatic carbocycles. The summed E-state index contributed by atoms with van der Waals surface area (Å²) in [6.07, 6.45) is 7.64. The van der Waals surface area contributed by atoms with Crippen LogP contribution in [-0.4, -0.2) is 23.1 Å². The first-order valence-electron chi connectivity index (χ1n) is 6.56. The van der Waals surface area contributed by atoms with Gasteiger partial charge in [0.15, 0.2) is 0 Å². The summed E-state index contributed by atoms with van der Waals surface area (Å²) < 4.78 is 0. The fraction of sp³-hybridized carbons (Fsp3) is 0.333. The highest BCUT2D eigenvalue weighted by atomic mass is 15.2. The lowest BCUT2D eigenvalue weighted by atomic mass is 10.1. The number of rotatable bonds is 2. The second kappa shape index (κ2) is 5.17. The van der Waals surface area contributed by atoms with E-state index < -0.39 is 0 Å². The van der Waals surface area contributed by atoms with E-state index in [1.165, 1.54) is 19.3 Å². The predicted molar refractivity (Wildman–Crippen MR) is 73.5 cm³/mol. The molecule has 0 spiro atoms. The van der Waals surface area contributed by atoms with Crippen molar-refractivity contribution in [3.8, 4) is 11.3 Å². The van der Waals surface area contributed by atoms with Crippen molar-refractivity contribution in [3.05, 3.63) is 42.7 Å². The molecule has 18 heavy (non-hydrogen) atoms. The van der Waals surface area contributed by atoms with Crippen molar-refractivity contribution in [2.24, 2.45) is 0 Å². The van der Waals surface area contributed by atoms with Crippen molar-refractivity contribution in [1.29, 1.82) is 0 Å². The average molecular weight is 239 g/mol. The lowest BCUT2D eigenvalue weighted by molar-refractivity contribution is 0.573. The molecule has 1 aliphatic heterocycles. The van der Waals surface area contributed by atoms with E-state index in [0.717, 1.165) is 30.2 Å². The van der Waals surface area contributed by atoms with Gasteiger partial charge < -0.3 is 4.90 Å². The highest BCUT2D eigenvalue weighted by Gasteiger charge is 2.12. The van der Waals surface area contributed by atoms with Crippen LogP contribution >= 0.6 is 0 Å². The van der Waals surface area contributed by atoms with E-state index in [-0.39, 0.29) is 0 Å². The van der Waals surface area contributed by atoms with Crippen LogP contribution in [0.1, 0.15) is 19.3 Å². The fourth-order valence-corrected chi connectivity index (χ4v) is 2.37. The van der Waals surface area contributed by atoms with Gasteiger partial charge >= 0.3 is 0 Å². The summed E-state index contributed by atoms with van der Waals surface area (Å²) in [7, 11) is 0. The summed E-state index contributed by atoms with van der Waals surface area (Å²) in [5.74, 6) is 1.01. The Balaban J connectivity index is 1.80. The third-order valence-corrected chi connectivity index (χ3v) is 3.39. The first-order chi connectivity index (χ1) is 8.93. The molecule has 1 aromatic heterocycles. The smallest absolute Gasteiger partial charge is 0.147 e. The SMILES string of the molecule is c1ccc(-c2cnc(N3CCCCC3)cn2)cc1. The highest BCUT2D eigenvalue weighted by molar-refractivity contribution is 5.58. The summed E-state index contributed by atoms with van der Waals surface area (Å²) in [4.78, 5) is 11.4. The van der Waals surface area contributed by atoms with Crippen LogP contribution in [0.25, 0.3) is 11.3 Å². The van der Waals surface area contributed by atoms with Crippen LogP contribution in [0.15, 0.2) is 42.7 Å². The van der Waals surface area contributed by atoms with Gasteiger partial charge in [-0.1, -0.05) is 30.3 Å². The lowest BCUT2D eigenvalue weighted by Crippen LogP contribution is -2.30. The molecule has 0 radical (unpaired) electrons. The molecule has 3 rings (SSSR count). The standard InChI is InChI=1S/C15H17N3/c1-3-7-13(8-4-1)14-11-17-15(12-16-14)18-9-5-2-6-10-18/h1,3-4,7-8,11-12H,2,5-6,9-10H2. The first kappa shape index (κ1) is 11.2. The van der Waals surface area contributed by atoms with Crippen LogP contribution in [0.5, 0.6) is 0 Å². The molecule has 3 heteroatoms. The maximum atomic E-state index is 4.54. The Bertz CT molecular complexity index is 487. The summed E-state index contributed by atoms with van der Waals surface area (Å²) in [6, 6.07) is 10.2. The zero-order chi connectivity index (χ0) is 12.2. The molecule has 0 bridgehead atoms. The van der Waals surface area contributed by atoms with Crippen molar-refractivity contribution in [2.45, 2.75) is 19.3 Å². The second-order valence-corrected chi connectivity index (χ2v) is 4.67. The van der Waals surface area contributed by atoms with Crippen LogP contribution in [0.2, 0.25) is 0 Å². The van der Waals surface area contributed by atoms with Crippen molar-refractivity contribution in [1.82, 2.24) is 9.97 Å².